The molecular formula is C14H19N3O6. The summed E-state index contributed by atoms with van der Waals surface area (Å²) in [7, 11) is 1.39. The summed E-state index contributed by atoms with van der Waals surface area (Å²) in [6.45, 7) is 2.87. The summed E-state index contributed by atoms with van der Waals surface area (Å²) in [5.74, 6) is -2.08. The molecule has 0 aliphatic carbocycles. The average molecular weight is 325 g/mol. The Hall–Kier alpha value is -2.52. The zero-order chi connectivity index (χ0) is 17.6. The highest BCUT2D eigenvalue weighted by Crippen LogP contribution is 2.25. The van der Waals surface area contributed by atoms with Crippen LogP contribution >= 0.6 is 0 Å². The Kier molecular flexibility index (Phi) is 6.17. The number of methoxy groups -OCH3 is 1. The zero-order valence-corrected chi connectivity index (χ0v) is 13.1. The number of amides is 2. The Balaban J connectivity index is 2.73. The number of carbonyl (C=O) groups excluding carboxylic acids is 2. The van der Waals surface area contributed by atoms with Crippen LogP contribution in [0.15, 0.2) is 18.2 Å². The van der Waals surface area contributed by atoms with E-state index in [2.05, 4.69) is 10.6 Å². The third-order valence-electron chi connectivity index (χ3n) is 2.89. The van der Waals surface area contributed by atoms with Crippen LogP contribution in [0.5, 0.6) is 0 Å². The van der Waals surface area contributed by atoms with E-state index >= 15 is 0 Å². The molecular weight excluding hydrogens is 306 g/mol. The van der Waals surface area contributed by atoms with Crippen molar-refractivity contribution in [2.75, 3.05) is 25.6 Å². The third kappa shape index (κ3) is 5.64. The van der Waals surface area contributed by atoms with Gasteiger partial charge in [-0.1, -0.05) is 6.07 Å². The highest BCUT2D eigenvalue weighted by atomic mass is 16.6. The topological polar surface area (TPSA) is 131 Å². The van der Waals surface area contributed by atoms with Gasteiger partial charge in [0.1, 0.15) is 11.3 Å². The maximum atomic E-state index is 11.8. The molecule has 126 valence electrons. The molecule has 0 fully saturated rings. The van der Waals surface area contributed by atoms with Crippen LogP contribution in [0.25, 0.3) is 0 Å². The van der Waals surface area contributed by atoms with Crippen molar-refractivity contribution in [1.82, 2.24) is 5.32 Å². The molecule has 0 spiro atoms. The number of nitrogens with one attached hydrogen (secondary N) is 2. The van der Waals surface area contributed by atoms with E-state index in [9.17, 15) is 24.8 Å². The molecule has 0 aliphatic rings. The fraction of sp³-hybridized carbons (Fsp3) is 0.429. The van der Waals surface area contributed by atoms with Crippen molar-refractivity contribution in [2.45, 2.75) is 19.4 Å². The molecule has 23 heavy (non-hydrogen) atoms. The first-order chi connectivity index (χ1) is 10.7. The minimum atomic E-state index is -1.33. The third-order valence-corrected chi connectivity index (χ3v) is 2.89. The molecule has 0 aromatic heterocycles. The molecule has 0 saturated carbocycles. The first-order valence-corrected chi connectivity index (χ1v) is 6.72. The molecule has 0 saturated heterocycles. The SMILES string of the molecule is COCC(C)(O)CNC(=O)C(=O)Nc1ccc(C)cc1[N+](=O)[O-]. The first kappa shape index (κ1) is 18.5. The largest absolute Gasteiger partial charge is 0.386 e. The number of nitro groups is 1. The molecule has 2 amide bonds. The molecule has 3 N–H and O–H groups in total. The minimum absolute atomic E-state index is 0.0294. The Morgan fingerprint density at radius 3 is 2.61 bits per heavy atom. The normalized spacial score (nSPS) is 13.0. The van der Waals surface area contributed by atoms with Gasteiger partial charge < -0.3 is 20.5 Å². The minimum Gasteiger partial charge on any atom is -0.386 e. The first-order valence-electron chi connectivity index (χ1n) is 6.72. The summed E-state index contributed by atoms with van der Waals surface area (Å²) in [5, 5.41) is 25.2. The van der Waals surface area contributed by atoms with E-state index in [1.165, 1.54) is 26.2 Å². The quantitative estimate of drug-likeness (QED) is 0.393. The molecule has 0 bridgehead atoms. The van der Waals surface area contributed by atoms with E-state index in [1.54, 1.807) is 13.0 Å². The Labute approximate surface area is 132 Å². The van der Waals surface area contributed by atoms with E-state index in [0.29, 0.717) is 5.56 Å². The van der Waals surface area contributed by atoms with Crippen molar-refractivity contribution in [3.05, 3.63) is 33.9 Å². The van der Waals surface area contributed by atoms with Crippen LogP contribution in [0.2, 0.25) is 0 Å². The van der Waals surface area contributed by atoms with Gasteiger partial charge in [-0.25, -0.2) is 0 Å². The fourth-order valence-electron chi connectivity index (χ4n) is 1.79. The van der Waals surface area contributed by atoms with Crippen molar-refractivity contribution in [2.24, 2.45) is 0 Å². The summed E-state index contributed by atoms with van der Waals surface area (Å²) in [4.78, 5) is 33.8. The van der Waals surface area contributed by atoms with E-state index in [0.717, 1.165) is 0 Å². The van der Waals surface area contributed by atoms with Gasteiger partial charge in [-0.3, -0.25) is 19.7 Å². The van der Waals surface area contributed by atoms with E-state index in [1.807, 2.05) is 0 Å². The van der Waals surface area contributed by atoms with Gasteiger partial charge in [0.25, 0.3) is 5.69 Å². The van der Waals surface area contributed by atoms with Gasteiger partial charge in [-0.2, -0.15) is 0 Å². The Morgan fingerprint density at radius 2 is 2.04 bits per heavy atom. The molecule has 0 radical (unpaired) electrons. The second-order valence-electron chi connectivity index (χ2n) is 5.34. The van der Waals surface area contributed by atoms with Crippen molar-refractivity contribution >= 4 is 23.2 Å². The lowest BCUT2D eigenvalue weighted by Crippen LogP contribution is -2.46. The van der Waals surface area contributed by atoms with Gasteiger partial charge >= 0.3 is 11.8 Å². The smallest absolute Gasteiger partial charge is 0.313 e. The van der Waals surface area contributed by atoms with Crippen LogP contribution < -0.4 is 10.6 Å². The average Bonchev–Trinajstić information content (AvgIpc) is 2.46. The highest BCUT2D eigenvalue weighted by molar-refractivity contribution is 6.39. The second-order valence-corrected chi connectivity index (χ2v) is 5.34. The summed E-state index contributed by atoms with van der Waals surface area (Å²) in [6.07, 6.45) is 0. The van der Waals surface area contributed by atoms with Crippen molar-refractivity contribution < 1.29 is 24.4 Å². The molecule has 9 nitrogen and oxygen atoms in total. The molecule has 1 atom stereocenters. The summed E-state index contributed by atoms with van der Waals surface area (Å²) >= 11 is 0. The monoisotopic (exact) mass is 325 g/mol. The maximum absolute atomic E-state index is 11.8. The van der Waals surface area contributed by atoms with Gasteiger partial charge in [0.15, 0.2) is 0 Å². The van der Waals surface area contributed by atoms with Crippen LogP contribution in [0.3, 0.4) is 0 Å². The van der Waals surface area contributed by atoms with Crippen LogP contribution in [0.1, 0.15) is 12.5 Å². The van der Waals surface area contributed by atoms with Crippen LogP contribution in [-0.2, 0) is 14.3 Å². The number of benzene rings is 1. The lowest BCUT2D eigenvalue weighted by Gasteiger charge is -2.22. The summed E-state index contributed by atoms with van der Waals surface area (Å²) < 4.78 is 4.77. The second kappa shape index (κ2) is 7.65. The maximum Gasteiger partial charge on any atom is 0.313 e. The zero-order valence-electron chi connectivity index (χ0n) is 13.1. The predicted octanol–water partition coefficient (Wildman–Crippen LogP) is 0.355. The number of rotatable bonds is 6. The number of aliphatic hydroxyl groups is 1. The number of carbonyl (C=O) groups is 2. The standard InChI is InChI=1S/C14H19N3O6/c1-9-4-5-10(11(6-9)17(21)22)16-13(19)12(18)15-7-14(2,20)8-23-3/h4-6,20H,7-8H2,1-3H3,(H,15,18)(H,16,19). The van der Waals surface area contributed by atoms with Crippen LogP contribution in [0, 0.1) is 17.0 Å². The van der Waals surface area contributed by atoms with Crippen LogP contribution in [0.4, 0.5) is 11.4 Å². The number of hydrogen-bond donors (Lipinski definition) is 3. The van der Waals surface area contributed by atoms with E-state index < -0.39 is 22.3 Å². The number of anilines is 1. The van der Waals surface area contributed by atoms with E-state index in [-0.39, 0.29) is 24.5 Å². The molecule has 1 unspecified atom stereocenters. The summed E-state index contributed by atoms with van der Waals surface area (Å²) in [5.41, 5.74) is -1.07. The van der Waals surface area contributed by atoms with Gasteiger partial charge in [0.2, 0.25) is 0 Å². The van der Waals surface area contributed by atoms with Crippen molar-refractivity contribution in [3.63, 3.8) is 0 Å². The lowest BCUT2D eigenvalue weighted by molar-refractivity contribution is -0.384. The molecule has 0 aliphatic heterocycles. The number of nitro benzene ring substituents is 1. The van der Waals surface area contributed by atoms with Gasteiger partial charge in [0.05, 0.1) is 11.5 Å². The predicted molar refractivity (Wildman–Crippen MR) is 82.0 cm³/mol. The van der Waals surface area contributed by atoms with E-state index in [4.69, 9.17) is 4.74 Å². The molecule has 1 rings (SSSR count). The number of hydrogen-bond acceptors (Lipinski definition) is 6. The van der Waals surface area contributed by atoms with Crippen molar-refractivity contribution in [1.29, 1.82) is 0 Å². The highest BCUT2D eigenvalue weighted by Gasteiger charge is 2.24. The molecule has 1 aromatic carbocycles. The van der Waals surface area contributed by atoms with Crippen LogP contribution in [-0.4, -0.2) is 47.7 Å². The van der Waals surface area contributed by atoms with Gasteiger partial charge in [-0.05, 0) is 25.5 Å². The Morgan fingerprint density at radius 1 is 1.39 bits per heavy atom. The molecule has 1 aromatic rings. The molecule has 9 heteroatoms. The lowest BCUT2D eigenvalue weighted by atomic mass is 10.1. The molecule has 0 heterocycles. The van der Waals surface area contributed by atoms with Gasteiger partial charge in [0, 0.05) is 19.7 Å². The summed E-state index contributed by atoms with van der Waals surface area (Å²) in [6, 6.07) is 4.21. The fourth-order valence-corrected chi connectivity index (χ4v) is 1.79. The van der Waals surface area contributed by atoms with Gasteiger partial charge in [-0.15, -0.1) is 0 Å². The number of ether oxygens (including phenoxy) is 1. The van der Waals surface area contributed by atoms with Crippen molar-refractivity contribution in [3.8, 4) is 0 Å². The number of nitrogens with zero attached hydrogens (tertiary/aromatic N) is 1. The number of aryl methyl sites for hydroxylation is 1. The Bertz CT molecular complexity index is 615.